The van der Waals surface area contributed by atoms with Crippen LogP contribution in [0.3, 0.4) is 0 Å². The molecule has 0 atom stereocenters. The number of rotatable bonds is 4. The van der Waals surface area contributed by atoms with E-state index < -0.39 is 0 Å². The average molecular weight is 370 g/mol. The molecule has 0 aliphatic carbocycles. The molecule has 0 unspecified atom stereocenters. The van der Waals surface area contributed by atoms with E-state index in [0.717, 1.165) is 5.56 Å². The maximum atomic E-state index is 12.8. The quantitative estimate of drug-likeness (QED) is 0.567. The molecule has 2 amide bonds. The van der Waals surface area contributed by atoms with Gasteiger partial charge in [-0.3, -0.25) is 14.0 Å². The van der Waals surface area contributed by atoms with E-state index in [4.69, 9.17) is 0 Å². The van der Waals surface area contributed by atoms with Crippen LogP contribution in [0, 0.1) is 6.92 Å². The van der Waals surface area contributed by atoms with Crippen molar-refractivity contribution < 1.29 is 9.59 Å². The predicted molar refractivity (Wildman–Crippen MR) is 109 cm³/mol. The van der Waals surface area contributed by atoms with Crippen molar-refractivity contribution in [1.29, 1.82) is 0 Å². The third-order valence-corrected chi connectivity index (χ3v) is 4.27. The van der Waals surface area contributed by atoms with Gasteiger partial charge in [0.1, 0.15) is 0 Å². The summed E-state index contributed by atoms with van der Waals surface area (Å²) in [4.78, 5) is 29.9. The minimum absolute atomic E-state index is 0.147. The molecule has 2 N–H and O–H groups in total. The third kappa shape index (κ3) is 3.48. The minimum Gasteiger partial charge on any atom is -0.321 e. The molecule has 0 bridgehead atoms. The largest absolute Gasteiger partial charge is 0.321 e. The van der Waals surface area contributed by atoms with Crippen molar-refractivity contribution in [3.8, 4) is 0 Å². The Morgan fingerprint density at radius 3 is 2.32 bits per heavy atom. The molecule has 4 aromatic rings. The van der Waals surface area contributed by atoms with Crippen LogP contribution in [0.5, 0.6) is 0 Å². The zero-order valence-electron chi connectivity index (χ0n) is 15.2. The van der Waals surface area contributed by atoms with Crippen LogP contribution >= 0.6 is 0 Å². The zero-order valence-corrected chi connectivity index (χ0v) is 15.2. The summed E-state index contributed by atoms with van der Waals surface area (Å²) < 4.78 is 1.61. The number of pyridine rings is 1. The number of hydrogen-bond acceptors (Lipinski definition) is 3. The number of hydrogen-bond donors (Lipinski definition) is 2. The van der Waals surface area contributed by atoms with Crippen LogP contribution in [0.4, 0.5) is 11.4 Å². The number of anilines is 2. The molecule has 2 aromatic carbocycles. The SMILES string of the molecule is Cc1cccc(NC(=O)c2nc(C(=O)Nc3ccccc3)n3ccccc23)c1. The van der Waals surface area contributed by atoms with E-state index in [1.54, 1.807) is 40.9 Å². The zero-order chi connectivity index (χ0) is 19.5. The first-order chi connectivity index (χ1) is 13.6. The summed E-state index contributed by atoms with van der Waals surface area (Å²) in [5.74, 6) is -0.607. The first-order valence-electron chi connectivity index (χ1n) is 8.83. The number of carbonyl (C=O) groups is 2. The molecule has 138 valence electrons. The molecule has 0 aliphatic heterocycles. The number of nitrogens with zero attached hydrogens (tertiary/aromatic N) is 2. The smallest absolute Gasteiger partial charge is 0.292 e. The van der Waals surface area contributed by atoms with Gasteiger partial charge in [-0.25, -0.2) is 4.98 Å². The fraction of sp³-hybridized carbons (Fsp3) is 0.0455. The van der Waals surface area contributed by atoms with E-state index in [-0.39, 0.29) is 23.3 Å². The Hall–Kier alpha value is -3.93. The molecule has 0 fully saturated rings. The number of aryl methyl sites for hydroxylation is 1. The van der Waals surface area contributed by atoms with Gasteiger partial charge in [0.05, 0.1) is 5.52 Å². The van der Waals surface area contributed by atoms with Crippen molar-refractivity contribution >= 4 is 28.7 Å². The first kappa shape index (κ1) is 17.5. The van der Waals surface area contributed by atoms with Gasteiger partial charge in [-0.15, -0.1) is 0 Å². The second-order valence-corrected chi connectivity index (χ2v) is 6.38. The molecule has 0 spiro atoms. The summed E-state index contributed by atoms with van der Waals surface area (Å²) in [6, 6.07) is 22.0. The first-order valence-corrected chi connectivity index (χ1v) is 8.83. The number of amides is 2. The standard InChI is InChI=1S/C22H18N4O2/c1-15-8-7-11-17(14-15)24-21(27)19-18-12-5-6-13-26(18)20(25-19)22(28)23-16-9-3-2-4-10-16/h2-14H,1H3,(H,23,28)(H,24,27). The van der Waals surface area contributed by atoms with E-state index in [9.17, 15) is 9.59 Å². The molecule has 2 heterocycles. The van der Waals surface area contributed by atoms with Crippen LogP contribution in [0.1, 0.15) is 26.7 Å². The Bertz CT molecular complexity index is 1170. The maximum Gasteiger partial charge on any atom is 0.292 e. The van der Waals surface area contributed by atoms with Crippen LogP contribution in [0.15, 0.2) is 79.0 Å². The van der Waals surface area contributed by atoms with Gasteiger partial charge in [0.25, 0.3) is 11.8 Å². The molecule has 0 aliphatic rings. The summed E-state index contributed by atoms with van der Waals surface area (Å²) in [5, 5.41) is 5.65. The number of aromatic nitrogens is 2. The third-order valence-electron chi connectivity index (χ3n) is 4.27. The highest BCUT2D eigenvalue weighted by Crippen LogP contribution is 2.17. The number of nitrogens with one attached hydrogen (secondary N) is 2. The Morgan fingerprint density at radius 2 is 1.54 bits per heavy atom. The van der Waals surface area contributed by atoms with E-state index in [2.05, 4.69) is 15.6 Å². The minimum atomic E-state index is -0.387. The van der Waals surface area contributed by atoms with Crippen LogP contribution in [0.2, 0.25) is 0 Å². The summed E-state index contributed by atoms with van der Waals surface area (Å²) >= 11 is 0. The van der Waals surface area contributed by atoms with Gasteiger partial charge in [0.2, 0.25) is 5.82 Å². The Kier molecular flexibility index (Phi) is 4.60. The molecule has 2 aromatic heterocycles. The van der Waals surface area contributed by atoms with E-state index in [0.29, 0.717) is 16.9 Å². The average Bonchev–Trinajstić information content (AvgIpc) is 3.09. The molecule has 0 radical (unpaired) electrons. The van der Waals surface area contributed by atoms with Crippen LogP contribution < -0.4 is 10.6 Å². The van der Waals surface area contributed by atoms with Crippen LogP contribution in [-0.2, 0) is 0 Å². The molecule has 0 saturated heterocycles. The van der Waals surface area contributed by atoms with Gasteiger partial charge >= 0.3 is 0 Å². The van der Waals surface area contributed by atoms with Gasteiger partial charge in [-0.1, -0.05) is 36.4 Å². The summed E-state index contributed by atoms with van der Waals surface area (Å²) in [5.41, 5.74) is 3.13. The lowest BCUT2D eigenvalue weighted by molar-refractivity contribution is 0.101. The van der Waals surface area contributed by atoms with Crippen molar-refractivity contribution in [2.24, 2.45) is 0 Å². The molecule has 28 heavy (non-hydrogen) atoms. The van der Waals surface area contributed by atoms with Crippen molar-refractivity contribution in [1.82, 2.24) is 9.38 Å². The number of imidazole rings is 1. The van der Waals surface area contributed by atoms with E-state index in [1.165, 1.54) is 0 Å². The lowest BCUT2D eigenvalue weighted by atomic mass is 10.2. The number of carbonyl (C=O) groups excluding carboxylic acids is 2. The highest BCUT2D eigenvalue weighted by atomic mass is 16.2. The Morgan fingerprint density at radius 1 is 0.821 bits per heavy atom. The lowest BCUT2D eigenvalue weighted by Gasteiger charge is -2.04. The normalized spacial score (nSPS) is 10.6. The van der Waals surface area contributed by atoms with Crippen molar-refractivity contribution in [2.75, 3.05) is 10.6 Å². The van der Waals surface area contributed by atoms with Crippen molar-refractivity contribution in [3.63, 3.8) is 0 Å². The molecule has 4 rings (SSSR count). The fourth-order valence-electron chi connectivity index (χ4n) is 2.99. The second-order valence-electron chi connectivity index (χ2n) is 6.38. The fourth-order valence-corrected chi connectivity index (χ4v) is 2.99. The summed E-state index contributed by atoms with van der Waals surface area (Å²) in [7, 11) is 0. The summed E-state index contributed by atoms with van der Waals surface area (Å²) in [6.45, 7) is 1.95. The topological polar surface area (TPSA) is 75.5 Å². The van der Waals surface area contributed by atoms with Crippen LogP contribution in [0.25, 0.3) is 5.52 Å². The second kappa shape index (κ2) is 7.36. The van der Waals surface area contributed by atoms with Gasteiger partial charge in [-0.05, 0) is 48.9 Å². The van der Waals surface area contributed by atoms with Crippen molar-refractivity contribution in [2.45, 2.75) is 6.92 Å². The monoisotopic (exact) mass is 370 g/mol. The number of para-hydroxylation sites is 1. The molecular formula is C22H18N4O2. The highest BCUT2D eigenvalue weighted by Gasteiger charge is 2.21. The molecule has 6 heteroatoms. The van der Waals surface area contributed by atoms with Crippen LogP contribution in [-0.4, -0.2) is 21.2 Å². The van der Waals surface area contributed by atoms with E-state index >= 15 is 0 Å². The Balaban J connectivity index is 1.68. The molecule has 0 saturated carbocycles. The molecule has 6 nitrogen and oxygen atoms in total. The van der Waals surface area contributed by atoms with Gasteiger partial charge in [0, 0.05) is 17.6 Å². The van der Waals surface area contributed by atoms with Gasteiger partial charge in [0.15, 0.2) is 5.69 Å². The highest BCUT2D eigenvalue weighted by molar-refractivity contribution is 6.10. The number of fused-ring (bicyclic) bond motifs is 1. The van der Waals surface area contributed by atoms with Crippen molar-refractivity contribution in [3.05, 3.63) is 96.1 Å². The number of benzene rings is 2. The Labute approximate surface area is 161 Å². The van der Waals surface area contributed by atoms with Gasteiger partial charge < -0.3 is 10.6 Å². The summed E-state index contributed by atoms with van der Waals surface area (Å²) in [6.07, 6.45) is 1.71. The predicted octanol–water partition coefficient (Wildman–Crippen LogP) is 4.15. The molecular weight excluding hydrogens is 352 g/mol. The van der Waals surface area contributed by atoms with E-state index in [1.807, 2.05) is 49.4 Å². The van der Waals surface area contributed by atoms with Gasteiger partial charge in [-0.2, -0.15) is 0 Å². The maximum absolute atomic E-state index is 12.8. The lowest BCUT2D eigenvalue weighted by Crippen LogP contribution is -2.16.